The molecule has 1 saturated heterocycles. The number of nitrogens with one attached hydrogen (secondary N) is 6. The van der Waals surface area contributed by atoms with Crippen molar-refractivity contribution in [2.24, 2.45) is 11.3 Å². The number of pyridine rings is 1. The second kappa shape index (κ2) is 14.1. The molecule has 1 aliphatic heterocycles. The highest BCUT2D eigenvalue weighted by Crippen LogP contribution is 2.38. The summed E-state index contributed by atoms with van der Waals surface area (Å²) in [6.07, 6.45) is 6.59. The second-order valence-corrected chi connectivity index (χ2v) is 13.1. The van der Waals surface area contributed by atoms with E-state index in [0.717, 1.165) is 43.6 Å². The minimum atomic E-state index is -0.345. The Balaban J connectivity index is 1.43. The number of carbonyl (C=O) groups excluding carboxylic acids is 1. The van der Waals surface area contributed by atoms with Gasteiger partial charge >= 0.3 is 6.03 Å². The van der Waals surface area contributed by atoms with E-state index < -0.39 is 0 Å². The maximum Gasteiger partial charge on any atom is 0.320 e. The standard InChI is InChI=1S/C33H49N9O2/c1-33(2,3)28(34)19-30(37-4)39-32(43)38-26-12-13-27(25-10-8-7-9-24(25)26)44-23-11-14-29(35)42(21-23)31(36)41-17-15-22(16-18-41)20-40(5)6/h7-11,14,19,21-22,26-27,34-37H,12-13,15-18,20H2,1-6H3,(H2,38,39,43)/b30-19+,34-28?,35-29?,36-31?/t26?,27-/m1/s1. The summed E-state index contributed by atoms with van der Waals surface area (Å²) in [6.45, 7) is 8.53. The first-order valence-corrected chi connectivity index (χ1v) is 15.4. The van der Waals surface area contributed by atoms with Crippen LogP contribution in [-0.4, -0.2) is 72.8 Å². The first-order valence-electron chi connectivity index (χ1n) is 15.4. The predicted octanol–water partition coefficient (Wildman–Crippen LogP) is 4.40. The number of carbonyl (C=O) groups is 1. The third-order valence-corrected chi connectivity index (χ3v) is 8.32. The summed E-state index contributed by atoms with van der Waals surface area (Å²) in [6, 6.07) is 10.9. The number of nitrogens with zero attached hydrogens (tertiary/aromatic N) is 3. The number of allylic oxidation sites excluding steroid dienone is 1. The zero-order chi connectivity index (χ0) is 32.0. The number of piperidine rings is 1. The Hall–Kier alpha value is -4.12. The zero-order valence-electron chi connectivity index (χ0n) is 27.0. The number of ether oxygens (including phenoxy) is 1. The molecule has 44 heavy (non-hydrogen) atoms. The molecule has 1 aromatic heterocycles. The van der Waals surface area contributed by atoms with Gasteiger partial charge in [-0.3, -0.25) is 20.7 Å². The smallest absolute Gasteiger partial charge is 0.320 e. The summed E-state index contributed by atoms with van der Waals surface area (Å²) in [7, 11) is 5.91. The van der Waals surface area contributed by atoms with Crippen molar-refractivity contribution in [3.8, 4) is 5.75 Å². The van der Waals surface area contributed by atoms with E-state index in [4.69, 9.17) is 21.0 Å². The van der Waals surface area contributed by atoms with Crippen LogP contribution in [0.15, 0.2) is 54.5 Å². The lowest BCUT2D eigenvalue weighted by Gasteiger charge is -2.35. The average Bonchev–Trinajstić information content (AvgIpc) is 2.98. The molecule has 2 atom stereocenters. The fourth-order valence-electron chi connectivity index (χ4n) is 5.76. The third kappa shape index (κ3) is 8.28. The van der Waals surface area contributed by atoms with Crippen LogP contribution in [0.5, 0.6) is 5.75 Å². The Morgan fingerprint density at radius 3 is 2.36 bits per heavy atom. The van der Waals surface area contributed by atoms with Gasteiger partial charge in [-0.1, -0.05) is 45.0 Å². The summed E-state index contributed by atoms with van der Waals surface area (Å²) in [5, 5.41) is 34.5. The molecule has 2 aromatic rings. The highest BCUT2D eigenvalue weighted by molar-refractivity contribution is 5.97. The summed E-state index contributed by atoms with van der Waals surface area (Å²) in [5.74, 6) is 1.99. The van der Waals surface area contributed by atoms with E-state index >= 15 is 0 Å². The number of hydrogen-bond acceptors (Lipinski definition) is 7. The number of rotatable bonds is 8. The Bertz CT molecular complexity index is 1430. The molecule has 0 radical (unpaired) electrons. The maximum absolute atomic E-state index is 13.0. The first-order chi connectivity index (χ1) is 20.8. The number of likely N-dealkylation sites (tertiary alicyclic amines) is 1. The molecule has 1 aliphatic carbocycles. The summed E-state index contributed by atoms with van der Waals surface area (Å²) in [5.41, 5.74) is 2.31. The molecule has 0 saturated carbocycles. The summed E-state index contributed by atoms with van der Waals surface area (Å²) in [4.78, 5) is 17.2. The minimum Gasteiger partial charge on any atom is -0.484 e. The Morgan fingerprint density at radius 2 is 1.73 bits per heavy atom. The lowest BCUT2D eigenvalue weighted by atomic mass is 9.85. The van der Waals surface area contributed by atoms with E-state index in [1.54, 1.807) is 36.0 Å². The fraction of sp³-hybridized carbons (Fsp3) is 0.515. The van der Waals surface area contributed by atoms with E-state index in [9.17, 15) is 4.79 Å². The number of aromatic nitrogens is 1. The largest absolute Gasteiger partial charge is 0.484 e. The zero-order valence-corrected chi connectivity index (χ0v) is 27.0. The monoisotopic (exact) mass is 603 g/mol. The van der Waals surface area contributed by atoms with Crippen LogP contribution in [0.2, 0.25) is 0 Å². The van der Waals surface area contributed by atoms with Gasteiger partial charge < -0.3 is 30.6 Å². The van der Waals surface area contributed by atoms with Crippen LogP contribution >= 0.6 is 0 Å². The van der Waals surface area contributed by atoms with Crippen molar-refractivity contribution in [2.45, 2.75) is 58.6 Å². The van der Waals surface area contributed by atoms with Crippen molar-refractivity contribution in [3.05, 3.63) is 71.1 Å². The van der Waals surface area contributed by atoms with E-state index in [-0.39, 0.29) is 29.1 Å². The molecule has 2 aliphatic rings. The van der Waals surface area contributed by atoms with Crippen LogP contribution in [0.25, 0.3) is 0 Å². The van der Waals surface area contributed by atoms with Crippen molar-refractivity contribution < 1.29 is 9.53 Å². The molecule has 11 heteroatoms. The highest BCUT2D eigenvalue weighted by atomic mass is 16.5. The number of urea groups is 1. The molecule has 0 spiro atoms. The molecule has 1 unspecified atom stereocenters. The van der Waals surface area contributed by atoms with Crippen molar-refractivity contribution in [1.82, 2.24) is 30.3 Å². The quantitative estimate of drug-likeness (QED) is 0.196. The molecule has 238 valence electrons. The van der Waals surface area contributed by atoms with Crippen LogP contribution in [-0.2, 0) is 0 Å². The van der Waals surface area contributed by atoms with Gasteiger partial charge in [0, 0.05) is 37.8 Å². The van der Waals surface area contributed by atoms with Crippen molar-refractivity contribution in [1.29, 1.82) is 16.2 Å². The van der Waals surface area contributed by atoms with Crippen molar-refractivity contribution in [3.63, 3.8) is 0 Å². The molecule has 1 fully saturated rings. The van der Waals surface area contributed by atoms with Gasteiger partial charge in [0.1, 0.15) is 23.2 Å². The summed E-state index contributed by atoms with van der Waals surface area (Å²) >= 11 is 0. The van der Waals surface area contributed by atoms with E-state index in [1.165, 1.54) is 0 Å². The molecule has 0 bridgehead atoms. The Morgan fingerprint density at radius 1 is 1.05 bits per heavy atom. The molecule has 4 rings (SSSR count). The average molecular weight is 604 g/mol. The van der Waals surface area contributed by atoms with Gasteiger partial charge in [-0.05, 0) is 75.0 Å². The Kier molecular flexibility index (Phi) is 10.5. The van der Waals surface area contributed by atoms with E-state index in [1.807, 2.05) is 49.9 Å². The van der Waals surface area contributed by atoms with Crippen LogP contribution in [0.1, 0.15) is 69.7 Å². The number of fused-ring (bicyclic) bond motifs is 1. The molecule has 6 N–H and O–H groups in total. The summed E-state index contributed by atoms with van der Waals surface area (Å²) < 4.78 is 8.09. The fourth-order valence-corrected chi connectivity index (χ4v) is 5.76. The van der Waals surface area contributed by atoms with Crippen LogP contribution in [0.3, 0.4) is 0 Å². The molecule has 11 nitrogen and oxygen atoms in total. The van der Waals surface area contributed by atoms with E-state index in [2.05, 4.69) is 34.9 Å². The van der Waals surface area contributed by atoms with Crippen LogP contribution < -0.4 is 26.2 Å². The molecular formula is C33H49N9O2. The predicted molar refractivity (Wildman–Crippen MR) is 174 cm³/mol. The van der Waals surface area contributed by atoms with Gasteiger partial charge in [0.05, 0.1) is 12.2 Å². The van der Waals surface area contributed by atoms with Crippen LogP contribution in [0.4, 0.5) is 4.79 Å². The van der Waals surface area contributed by atoms with Gasteiger partial charge in [0.25, 0.3) is 0 Å². The Labute approximate surface area is 261 Å². The van der Waals surface area contributed by atoms with Gasteiger partial charge in [0.15, 0.2) is 0 Å². The van der Waals surface area contributed by atoms with Crippen molar-refractivity contribution >= 4 is 17.7 Å². The minimum absolute atomic E-state index is 0.199. The van der Waals surface area contributed by atoms with Gasteiger partial charge in [-0.2, -0.15) is 0 Å². The van der Waals surface area contributed by atoms with Crippen LogP contribution in [0, 0.1) is 27.6 Å². The van der Waals surface area contributed by atoms with Crippen molar-refractivity contribution in [2.75, 3.05) is 40.8 Å². The molecular weight excluding hydrogens is 554 g/mol. The maximum atomic E-state index is 13.0. The molecule has 2 amide bonds. The van der Waals surface area contributed by atoms with Gasteiger partial charge in [0.2, 0.25) is 5.96 Å². The number of hydrogen-bond donors (Lipinski definition) is 6. The molecule has 2 heterocycles. The van der Waals surface area contributed by atoms with Gasteiger partial charge in [-0.25, -0.2) is 4.79 Å². The number of benzene rings is 1. The second-order valence-electron chi connectivity index (χ2n) is 13.1. The van der Waals surface area contributed by atoms with Gasteiger partial charge in [-0.15, -0.1) is 0 Å². The SMILES string of the molecule is CN/C(=C\C(=N)C(C)(C)C)NC(=O)NC1CC[C@@H](Oc2ccc(=N)n(C(=N)N3CCC(CN(C)C)CC3)c2)c2ccccc21. The number of amides is 2. The third-order valence-electron chi connectivity index (χ3n) is 8.32. The lowest BCUT2D eigenvalue weighted by Crippen LogP contribution is -2.45. The highest BCUT2D eigenvalue weighted by Gasteiger charge is 2.30. The topological polar surface area (TPSA) is 145 Å². The first kappa shape index (κ1) is 32.8. The lowest BCUT2D eigenvalue weighted by molar-refractivity contribution is 0.170. The van der Waals surface area contributed by atoms with E-state index in [0.29, 0.717) is 42.0 Å². The normalized spacial score (nSPS) is 19.2. The molecule has 1 aromatic carbocycles.